The quantitative estimate of drug-likeness (QED) is 0.846. The van der Waals surface area contributed by atoms with Crippen LogP contribution in [-0.2, 0) is 11.3 Å². The summed E-state index contributed by atoms with van der Waals surface area (Å²) in [6.45, 7) is 4.07. The number of hydrogen-bond acceptors (Lipinski definition) is 3. The molecule has 0 bridgehead atoms. The number of nitrogens with zero attached hydrogens (tertiary/aromatic N) is 1. The average molecular weight is 291 g/mol. The van der Waals surface area contributed by atoms with E-state index in [-0.39, 0.29) is 30.5 Å². The summed E-state index contributed by atoms with van der Waals surface area (Å²) in [5.41, 5.74) is 0.548. The van der Waals surface area contributed by atoms with Crippen LogP contribution in [0, 0.1) is 4.77 Å². The van der Waals surface area contributed by atoms with Gasteiger partial charge in [-0.05, 0) is 38.2 Å². The molecule has 5 nitrogen and oxygen atoms in total. The Kier molecular flexibility index (Phi) is 4.34. The van der Waals surface area contributed by atoms with E-state index in [4.69, 9.17) is 12.2 Å². The van der Waals surface area contributed by atoms with Gasteiger partial charge in [0.05, 0.1) is 10.9 Å². The Hall–Kier alpha value is -1.95. The van der Waals surface area contributed by atoms with Crippen molar-refractivity contribution in [2.45, 2.75) is 32.9 Å². The van der Waals surface area contributed by atoms with E-state index >= 15 is 0 Å². The zero-order valence-corrected chi connectivity index (χ0v) is 12.3. The highest BCUT2D eigenvalue weighted by atomic mass is 32.1. The summed E-state index contributed by atoms with van der Waals surface area (Å²) in [4.78, 5) is 27.0. The second-order valence-corrected chi connectivity index (χ2v) is 5.29. The van der Waals surface area contributed by atoms with Crippen LogP contribution in [0.1, 0.15) is 20.3 Å². The van der Waals surface area contributed by atoms with Crippen molar-refractivity contribution in [1.29, 1.82) is 0 Å². The summed E-state index contributed by atoms with van der Waals surface area (Å²) >= 11 is 5.18. The van der Waals surface area contributed by atoms with Crippen LogP contribution in [0.15, 0.2) is 29.1 Å². The van der Waals surface area contributed by atoms with Crippen molar-refractivity contribution in [3.63, 3.8) is 0 Å². The fraction of sp³-hybridized carbons (Fsp3) is 0.357. The van der Waals surface area contributed by atoms with Crippen LogP contribution in [-0.4, -0.2) is 21.5 Å². The number of H-pyrrole nitrogens is 1. The smallest absolute Gasteiger partial charge is 0.262 e. The van der Waals surface area contributed by atoms with E-state index in [0.29, 0.717) is 15.7 Å². The van der Waals surface area contributed by atoms with Crippen LogP contribution in [0.5, 0.6) is 0 Å². The molecule has 0 radical (unpaired) electrons. The third-order valence-electron chi connectivity index (χ3n) is 2.90. The molecule has 2 rings (SSSR count). The molecule has 0 aliphatic heterocycles. The molecule has 0 fully saturated rings. The molecule has 0 spiro atoms. The monoisotopic (exact) mass is 291 g/mol. The molecular formula is C14H17N3O2S. The molecule has 0 atom stereocenters. The number of carbonyl (C=O) groups is 1. The first-order chi connectivity index (χ1) is 9.49. The maximum Gasteiger partial charge on any atom is 0.262 e. The normalized spacial score (nSPS) is 10.9. The summed E-state index contributed by atoms with van der Waals surface area (Å²) in [7, 11) is 0. The van der Waals surface area contributed by atoms with Crippen molar-refractivity contribution in [1.82, 2.24) is 14.9 Å². The highest BCUT2D eigenvalue weighted by molar-refractivity contribution is 7.71. The lowest BCUT2D eigenvalue weighted by Crippen LogP contribution is -2.32. The molecule has 0 aliphatic carbocycles. The number of carbonyl (C=O) groups excluding carboxylic acids is 1. The van der Waals surface area contributed by atoms with Gasteiger partial charge in [0.25, 0.3) is 5.56 Å². The zero-order valence-electron chi connectivity index (χ0n) is 11.5. The Morgan fingerprint density at radius 2 is 2.10 bits per heavy atom. The molecule has 106 valence electrons. The second kappa shape index (κ2) is 6.00. The lowest BCUT2D eigenvalue weighted by atomic mass is 10.2. The molecule has 1 amide bonds. The highest BCUT2D eigenvalue weighted by Gasteiger charge is 2.08. The Labute approximate surface area is 121 Å². The summed E-state index contributed by atoms with van der Waals surface area (Å²) < 4.78 is 1.77. The van der Waals surface area contributed by atoms with E-state index in [9.17, 15) is 9.59 Å². The van der Waals surface area contributed by atoms with Gasteiger partial charge < -0.3 is 10.3 Å². The van der Waals surface area contributed by atoms with Gasteiger partial charge in [0.2, 0.25) is 5.91 Å². The van der Waals surface area contributed by atoms with E-state index < -0.39 is 0 Å². The number of aromatic nitrogens is 2. The minimum absolute atomic E-state index is 0.0883. The van der Waals surface area contributed by atoms with Gasteiger partial charge in [-0.15, -0.1) is 0 Å². The summed E-state index contributed by atoms with van der Waals surface area (Å²) in [5.74, 6) is -0.0885. The van der Waals surface area contributed by atoms with Crippen molar-refractivity contribution in [3.05, 3.63) is 39.4 Å². The van der Waals surface area contributed by atoms with Crippen LogP contribution in [0.3, 0.4) is 0 Å². The minimum Gasteiger partial charge on any atom is -0.354 e. The average Bonchev–Trinajstić information content (AvgIpc) is 2.37. The number of benzene rings is 1. The Bertz CT molecular complexity index is 746. The van der Waals surface area contributed by atoms with Crippen molar-refractivity contribution < 1.29 is 4.79 Å². The molecule has 6 heteroatoms. The van der Waals surface area contributed by atoms with Crippen LogP contribution >= 0.6 is 12.2 Å². The Morgan fingerprint density at radius 1 is 1.40 bits per heavy atom. The zero-order chi connectivity index (χ0) is 14.7. The summed E-state index contributed by atoms with van der Waals surface area (Å²) in [5, 5.41) is 3.36. The van der Waals surface area contributed by atoms with E-state index in [0.717, 1.165) is 0 Å². The van der Waals surface area contributed by atoms with Gasteiger partial charge in [-0.25, -0.2) is 0 Å². The number of hydrogen-bond donors (Lipinski definition) is 2. The number of para-hydroxylation sites is 1. The fourth-order valence-electron chi connectivity index (χ4n) is 2.01. The minimum atomic E-state index is -0.165. The van der Waals surface area contributed by atoms with Crippen LogP contribution in [0.2, 0.25) is 0 Å². The first kappa shape index (κ1) is 14.5. The molecule has 1 heterocycles. The Morgan fingerprint density at radius 3 is 2.80 bits per heavy atom. The number of aromatic amines is 1. The largest absolute Gasteiger partial charge is 0.354 e. The van der Waals surface area contributed by atoms with Crippen molar-refractivity contribution in [2.24, 2.45) is 0 Å². The van der Waals surface area contributed by atoms with Gasteiger partial charge in [-0.3, -0.25) is 14.2 Å². The third-order valence-corrected chi connectivity index (χ3v) is 3.22. The van der Waals surface area contributed by atoms with Gasteiger partial charge in [-0.1, -0.05) is 12.1 Å². The Balaban J connectivity index is 2.29. The molecule has 1 aromatic heterocycles. The first-order valence-electron chi connectivity index (χ1n) is 6.50. The maximum atomic E-state index is 12.3. The molecular weight excluding hydrogens is 274 g/mol. The predicted octanol–water partition coefficient (Wildman–Crippen LogP) is 1.97. The molecule has 1 aromatic carbocycles. The van der Waals surface area contributed by atoms with E-state index in [1.807, 2.05) is 26.0 Å². The molecule has 0 saturated heterocycles. The molecule has 20 heavy (non-hydrogen) atoms. The number of amides is 1. The fourth-order valence-corrected chi connectivity index (χ4v) is 2.29. The predicted molar refractivity (Wildman–Crippen MR) is 81.3 cm³/mol. The van der Waals surface area contributed by atoms with Gasteiger partial charge in [-0.2, -0.15) is 0 Å². The summed E-state index contributed by atoms with van der Waals surface area (Å²) in [6.07, 6.45) is 0.230. The van der Waals surface area contributed by atoms with Gasteiger partial charge in [0, 0.05) is 19.0 Å². The molecule has 0 saturated carbocycles. The van der Waals surface area contributed by atoms with Crippen LogP contribution in [0.4, 0.5) is 0 Å². The van der Waals surface area contributed by atoms with Crippen molar-refractivity contribution in [2.75, 3.05) is 0 Å². The van der Waals surface area contributed by atoms with Crippen molar-refractivity contribution >= 4 is 29.0 Å². The molecule has 0 aliphatic rings. The molecule has 0 unspecified atom stereocenters. The summed E-state index contributed by atoms with van der Waals surface area (Å²) in [6, 6.07) is 7.28. The highest BCUT2D eigenvalue weighted by Crippen LogP contribution is 2.06. The van der Waals surface area contributed by atoms with Gasteiger partial charge >= 0.3 is 0 Å². The number of rotatable bonds is 4. The van der Waals surface area contributed by atoms with E-state index in [2.05, 4.69) is 10.3 Å². The first-order valence-corrected chi connectivity index (χ1v) is 6.91. The maximum absolute atomic E-state index is 12.3. The van der Waals surface area contributed by atoms with Gasteiger partial charge in [0.15, 0.2) is 4.77 Å². The lowest BCUT2D eigenvalue weighted by molar-refractivity contribution is -0.121. The van der Waals surface area contributed by atoms with Crippen molar-refractivity contribution in [3.8, 4) is 0 Å². The van der Waals surface area contributed by atoms with Crippen LogP contribution in [0.25, 0.3) is 10.9 Å². The van der Waals surface area contributed by atoms with E-state index in [1.165, 1.54) is 4.57 Å². The standard InChI is InChI=1S/C14H17N3O2S/c1-9(2)15-12(18)7-8-17-13(19)10-5-3-4-6-11(10)16-14(17)20/h3-6,9H,7-8H2,1-2H3,(H,15,18)(H,16,20). The van der Waals surface area contributed by atoms with Gasteiger partial charge in [0.1, 0.15) is 0 Å². The number of nitrogens with one attached hydrogen (secondary N) is 2. The molecule has 2 N–H and O–H groups in total. The second-order valence-electron chi connectivity index (χ2n) is 4.90. The number of fused-ring (bicyclic) bond motifs is 1. The van der Waals surface area contributed by atoms with Crippen LogP contribution < -0.4 is 10.9 Å². The third kappa shape index (κ3) is 3.14. The SMILES string of the molecule is CC(C)NC(=O)CCn1c(=S)[nH]c2ccccc2c1=O. The van der Waals surface area contributed by atoms with E-state index in [1.54, 1.807) is 12.1 Å². The lowest BCUT2D eigenvalue weighted by Gasteiger charge is -2.10. The molecule has 2 aromatic rings. The topological polar surface area (TPSA) is 66.9 Å².